The van der Waals surface area contributed by atoms with E-state index in [0.29, 0.717) is 19.3 Å². The number of hydrogen-bond acceptors (Lipinski definition) is 6. The quantitative estimate of drug-likeness (QED) is 0.0262. The van der Waals surface area contributed by atoms with Crippen LogP contribution in [-0.4, -0.2) is 37.2 Å². The Morgan fingerprint density at radius 1 is 0.304 bits per heavy atom. The summed E-state index contributed by atoms with van der Waals surface area (Å²) in [6.45, 7) is 6.43. The Labute approximate surface area is 425 Å². The Hall–Kier alpha value is -3.93. The van der Waals surface area contributed by atoms with Gasteiger partial charge >= 0.3 is 17.9 Å². The van der Waals surface area contributed by atoms with E-state index in [-0.39, 0.29) is 31.1 Å². The lowest BCUT2D eigenvalue weighted by Gasteiger charge is -2.18. The topological polar surface area (TPSA) is 78.9 Å². The van der Waals surface area contributed by atoms with Gasteiger partial charge in [-0.2, -0.15) is 0 Å². The van der Waals surface area contributed by atoms with Crippen molar-refractivity contribution in [2.45, 2.75) is 258 Å². The van der Waals surface area contributed by atoms with Gasteiger partial charge in [0.2, 0.25) is 0 Å². The first-order valence-electron chi connectivity index (χ1n) is 28.4. The first kappa shape index (κ1) is 65.1. The summed E-state index contributed by atoms with van der Waals surface area (Å²) in [4.78, 5) is 37.8. The molecular formula is C63H104O6. The van der Waals surface area contributed by atoms with Crippen molar-refractivity contribution < 1.29 is 28.6 Å². The fourth-order valence-electron chi connectivity index (χ4n) is 7.51. The molecule has 0 aliphatic rings. The Morgan fingerprint density at radius 3 is 0.899 bits per heavy atom. The van der Waals surface area contributed by atoms with Crippen molar-refractivity contribution in [3.63, 3.8) is 0 Å². The van der Waals surface area contributed by atoms with Crippen molar-refractivity contribution in [3.8, 4) is 0 Å². The molecule has 0 amide bonds. The summed E-state index contributed by atoms with van der Waals surface area (Å²) in [6.07, 6.45) is 76.8. The molecule has 6 heteroatoms. The molecule has 0 heterocycles. The smallest absolute Gasteiger partial charge is 0.306 e. The Bertz CT molecular complexity index is 1420. The number of rotatable bonds is 50. The largest absolute Gasteiger partial charge is 0.462 e. The minimum Gasteiger partial charge on any atom is -0.462 e. The molecule has 0 aromatic rings. The highest BCUT2D eigenvalue weighted by atomic mass is 16.6. The molecule has 0 fully saturated rings. The molecule has 0 spiro atoms. The molecule has 0 rings (SSSR count). The number of allylic oxidation sites excluding steroid dienone is 18. The lowest BCUT2D eigenvalue weighted by Crippen LogP contribution is -2.30. The van der Waals surface area contributed by atoms with E-state index in [2.05, 4.69) is 130 Å². The average molecular weight is 958 g/mol. The van der Waals surface area contributed by atoms with E-state index < -0.39 is 6.10 Å². The summed E-state index contributed by atoms with van der Waals surface area (Å²) in [7, 11) is 0. The Kier molecular flexibility index (Phi) is 53.4. The van der Waals surface area contributed by atoms with Gasteiger partial charge in [0.25, 0.3) is 0 Å². The third kappa shape index (κ3) is 54.9. The van der Waals surface area contributed by atoms with Crippen molar-refractivity contribution in [1.29, 1.82) is 0 Å². The van der Waals surface area contributed by atoms with E-state index in [1.807, 2.05) is 0 Å². The lowest BCUT2D eigenvalue weighted by atomic mass is 10.1. The van der Waals surface area contributed by atoms with Crippen LogP contribution >= 0.6 is 0 Å². The highest BCUT2D eigenvalue weighted by molar-refractivity contribution is 5.71. The highest BCUT2D eigenvalue weighted by Crippen LogP contribution is 2.14. The number of carbonyl (C=O) groups excluding carboxylic acids is 3. The summed E-state index contributed by atoms with van der Waals surface area (Å²) in [5, 5.41) is 0. The van der Waals surface area contributed by atoms with Gasteiger partial charge in [0.05, 0.1) is 0 Å². The molecule has 392 valence electrons. The predicted molar refractivity (Wildman–Crippen MR) is 297 cm³/mol. The molecule has 0 bridgehead atoms. The molecule has 0 aromatic heterocycles. The van der Waals surface area contributed by atoms with Gasteiger partial charge in [0, 0.05) is 19.3 Å². The molecule has 0 N–H and O–H groups in total. The molecule has 1 atom stereocenters. The van der Waals surface area contributed by atoms with Crippen LogP contribution in [0.25, 0.3) is 0 Å². The van der Waals surface area contributed by atoms with Crippen LogP contribution < -0.4 is 0 Å². The fourth-order valence-corrected chi connectivity index (χ4v) is 7.51. The van der Waals surface area contributed by atoms with Gasteiger partial charge in [-0.25, -0.2) is 0 Å². The second-order valence-electron chi connectivity index (χ2n) is 18.5. The van der Waals surface area contributed by atoms with Crippen molar-refractivity contribution in [2.75, 3.05) is 13.2 Å². The Balaban J connectivity index is 4.16. The van der Waals surface area contributed by atoms with Gasteiger partial charge in [-0.15, -0.1) is 0 Å². The average Bonchev–Trinajstić information content (AvgIpc) is 3.35. The van der Waals surface area contributed by atoms with E-state index in [0.717, 1.165) is 135 Å². The molecule has 0 saturated carbocycles. The number of ether oxygens (including phenoxy) is 3. The van der Waals surface area contributed by atoms with E-state index >= 15 is 0 Å². The van der Waals surface area contributed by atoms with Crippen molar-refractivity contribution >= 4 is 17.9 Å². The lowest BCUT2D eigenvalue weighted by molar-refractivity contribution is -0.167. The zero-order valence-electron chi connectivity index (χ0n) is 44.8. The summed E-state index contributed by atoms with van der Waals surface area (Å²) in [5.41, 5.74) is 0. The molecule has 0 aromatic carbocycles. The van der Waals surface area contributed by atoms with Gasteiger partial charge < -0.3 is 14.2 Å². The van der Waals surface area contributed by atoms with Crippen LogP contribution in [-0.2, 0) is 28.6 Å². The van der Waals surface area contributed by atoms with Gasteiger partial charge in [-0.1, -0.05) is 233 Å². The number of unbranched alkanes of at least 4 members (excludes halogenated alkanes) is 21. The molecule has 69 heavy (non-hydrogen) atoms. The molecule has 0 aliphatic heterocycles. The first-order valence-corrected chi connectivity index (χ1v) is 28.4. The maximum atomic E-state index is 12.8. The third-order valence-electron chi connectivity index (χ3n) is 11.8. The van der Waals surface area contributed by atoms with Crippen molar-refractivity contribution in [3.05, 3.63) is 109 Å². The summed E-state index contributed by atoms with van der Waals surface area (Å²) in [6, 6.07) is 0. The predicted octanol–water partition coefficient (Wildman–Crippen LogP) is 19.1. The van der Waals surface area contributed by atoms with Crippen LogP contribution in [0.1, 0.15) is 252 Å². The monoisotopic (exact) mass is 957 g/mol. The third-order valence-corrected chi connectivity index (χ3v) is 11.8. The normalized spacial score (nSPS) is 12.9. The van der Waals surface area contributed by atoms with Crippen LogP contribution in [0.3, 0.4) is 0 Å². The zero-order valence-corrected chi connectivity index (χ0v) is 44.8. The molecular weight excluding hydrogens is 853 g/mol. The zero-order chi connectivity index (χ0) is 50.0. The van der Waals surface area contributed by atoms with Crippen molar-refractivity contribution in [2.24, 2.45) is 0 Å². The molecule has 0 radical (unpaired) electrons. The maximum Gasteiger partial charge on any atom is 0.306 e. The standard InChI is InChI=1S/C63H104O6/c1-4-7-10-13-16-18-20-22-24-25-26-27-28-29-30-31-32-33-34-35-36-37-38-39-40-42-43-45-47-50-53-56-62(65)68-59-60(58-67-61(64)55-52-49-15-12-9-6-3)69-63(66)57-54-51-48-46-44-41-23-21-19-17-14-11-8-5-2/h7,10,16,18,21-24,26-27,29-30,32-33,35-36,38-39,60H,4-6,8-9,11-15,17,19-20,25,28,31,34,37,40-59H2,1-3H3/b10-7-,18-16-,23-21-,24-22-,27-26-,30-29-,33-32-,36-35-,39-38-. The second-order valence-corrected chi connectivity index (χ2v) is 18.5. The van der Waals surface area contributed by atoms with Crippen LogP contribution in [0.15, 0.2) is 109 Å². The SMILES string of the molecule is CC/C=C\C/C=C\C/C=C\C/C=C\C/C=C\C/C=C\C/C=C\C/C=C\CCCCCCCCC(=O)OCC(COC(=O)CCCCCCCC)OC(=O)CCCCCCC/C=C\CCCCCCC. The van der Waals surface area contributed by atoms with Crippen LogP contribution in [0, 0.1) is 0 Å². The van der Waals surface area contributed by atoms with E-state index in [4.69, 9.17) is 14.2 Å². The van der Waals surface area contributed by atoms with Crippen LogP contribution in [0.5, 0.6) is 0 Å². The van der Waals surface area contributed by atoms with Crippen LogP contribution in [0.2, 0.25) is 0 Å². The minimum atomic E-state index is -0.785. The summed E-state index contributed by atoms with van der Waals surface area (Å²) < 4.78 is 16.7. The molecule has 6 nitrogen and oxygen atoms in total. The number of hydrogen-bond donors (Lipinski definition) is 0. The van der Waals surface area contributed by atoms with Crippen molar-refractivity contribution in [1.82, 2.24) is 0 Å². The Morgan fingerprint density at radius 2 is 0.565 bits per heavy atom. The number of esters is 3. The second kappa shape index (κ2) is 56.7. The minimum absolute atomic E-state index is 0.0864. The highest BCUT2D eigenvalue weighted by Gasteiger charge is 2.19. The van der Waals surface area contributed by atoms with Gasteiger partial charge in [0.15, 0.2) is 6.10 Å². The van der Waals surface area contributed by atoms with Gasteiger partial charge in [0.1, 0.15) is 13.2 Å². The molecule has 0 saturated heterocycles. The van der Waals surface area contributed by atoms with E-state index in [1.54, 1.807) is 0 Å². The van der Waals surface area contributed by atoms with Gasteiger partial charge in [-0.05, 0) is 109 Å². The molecule has 1 unspecified atom stereocenters. The first-order chi connectivity index (χ1) is 34.0. The number of carbonyl (C=O) groups is 3. The van der Waals surface area contributed by atoms with Gasteiger partial charge in [-0.3, -0.25) is 14.4 Å². The van der Waals surface area contributed by atoms with E-state index in [9.17, 15) is 14.4 Å². The summed E-state index contributed by atoms with van der Waals surface area (Å²) in [5.74, 6) is -0.922. The maximum absolute atomic E-state index is 12.8. The van der Waals surface area contributed by atoms with Crippen LogP contribution in [0.4, 0.5) is 0 Å². The fraction of sp³-hybridized carbons (Fsp3) is 0.667. The summed E-state index contributed by atoms with van der Waals surface area (Å²) >= 11 is 0. The molecule has 0 aliphatic carbocycles. The van der Waals surface area contributed by atoms with E-state index in [1.165, 1.54) is 77.0 Å².